The number of rotatable bonds is 7. The normalized spacial score (nSPS) is 15.4. The van der Waals surface area contributed by atoms with Crippen LogP contribution in [0.25, 0.3) is 0 Å². The van der Waals surface area contributed by atoms with Crippen molar-refractivity contribution in [3.05, 3.63) is 63.5 Å². The van der Waals surface area contributed by atoms with E-state index in [-0.39, 0.29) is 5.97 Å². The van der Waals surface area contributed by atoms with Crippen LogP contribution in [0.2, 0.25) is 5.02 Å². The van der Waals surface area contributed by atoms with Crippen LogP contribution in [0.4, 0.5) is 0 Å². The minimum atomic E-state index is -0.931. The van der Waals surface area contributed by atoms with E-state index in [1.807, 2.05) is 17.9 Å². The van der Waals surface area contributed by atoms with Gasteiger partial charge in [-0.3, -0.25) is 9.69 Å². The van der Waals surface area contributed by atoms with Gasteiger partial charge in [-0.25, -0.2) is 4.79 Å². The van der Waals surface area contributed by atoms with Gasteiger partial charge in [0, 0.05) is 29.1 Å². The number of hydrogen-bond acceptors (Lipinski definition) is 5. The molecule has 0 aliphatic carbocycles. The number of allylic oxidation sites excluding steroid dienone is 1. The molecule has 3 rings (SSSR count). The van der Waals surface area contributed by atoms with Gasteiger partial charge in [0.05, 0.1) is 0 Å². The highest BCUT2D eigenvalue weighted by atomic mass is 35.5. The molecule has 0 amide bonds. The second-order valence-electron chi connectivity index (χ2n) is 6.61. The molecular weight excluding hydrogens is 398 g/mol. The molecule has 2 heterocycles. The van der Waals surface area contributed by atoms with Crippen molar-refractivity contribution in [2.45, 2.75) is 38.8 Å². The highest BCUT2D eigenvalue weighted by molar-refractivity contribution is 7.14. The van der Waals surface area contributed by atoms with Gasteiger partial charge in [-0.2, -0.15) is 0 Å². The quantitative estimate of drug-likeness (QED) is 0.513. The van der Waals surface area contributed by atoms with Crippen LogP contribution in [-0.2, 0) is 22.6 Å². The first-order valence-corrected chi connectivity index (χ1v) is 10.4. The van der Waals surface area contributed by atoms with E-state index in [4.69, 9.17) is 16.3 Å². The fourth-order valence-electron chi connectivity index (χ4n) is 3.26. The van der Waals surface area contributed by atoms with Crippen LogP contribution in [0.5, 0.6) is 5.06 Å². The second-order valence-corrected chi connectivity index (χ2v) is 8.12. The topological polar surface area (TPSA) is 66.8 Å². The van der Waals surface area contributed by atoms with Crippen LogP contribution >= 0.6 is 22.9 Å². The maximum absolute atomic E-state index is 12.0. The number of carboxylic acids is 1. The van der Waals surface area contributed by atoms with Gasteiger partial charge in [-0.05, 0) is 36.1 Å². The Balaban J connectivity index is 1.75. The molecule has 0 saturated heterocycles. The summed E-state index contributed by atoms with van der Waals surface area (Å²) in [6.45, 7) is 3.11. The number of carbonyl (C=O) groups excluding carboxylic acids is 1. The first-order valence-electron chi connectivity index (χ1n) is 9.20. The van der Waals surface area contributed by atoms with E-state index in [1.54, 1.807) is 30.3 Å². The lowest BCUT2D eigenvalue weighted by molar-refractivity contribution is -0.144. The summed E-state index contributed by atoms with van der Waals surface area (Å²) in [7, 11) is 0. The Morgan fingerprint density at radius 3 is 2.89 bits per heavy atom. The number of carboxylic acid groups (broad SMARTS) is 1. The second kappa shape index (κ2) is 9.37. The third-order valence-electron chi connectivity index (χ3n) is 4.58. The summed E-state index contributed by atoms with van der Waals surface area (Å²) >= 11 is 7.69. The van der Waals surface area contributed by atoms with E-state index >= 15 is 0 Å². The maximum atomic E-state index is 12.0. The zero-order chi connectivity index (χ0) is 20.1. The van der Waals surface area contributed by atoms with Gasteiger partial charge in [0.2, 0.25) is 0 Å². The predicted molar refractivity (Wildman–Crippen MR) is 110 cm³/mol. The van der Waals surface area contributed by atoms with Crippen molar-refractivity contribution in [1.82, 2.24) is 4.90 Å². The molecule has 1 aliphatic heterocycles. The zero-order valence-electron chi connectivity index (χ0n) is 15.6. The van der Waals surface area contributed by atoms with Gasteiger partial charge in [0.1, 0.15) is 6.04 Å². The van der Waals surface area contributed by atoms with E-state index in [2.05, 4.69) is 0 Å². The van der Waals surface area contributed by atoms with Crippen LogP contribution in [0.15, 0.2) is 42.5 Å². The molecule has 2 aromatic rings. The van der Waals surface area contributed by atoms with E-state index in [0.29, 0.717) is 35.2 Å². The summed E-state index contributed by atoms with van der Waals surface area (Å²) in [6, 6.07) is 8.05. The number of unbranched alkanes of at least 4 members (excludes halogenated alkanes) is 1. The monoisotopic (exact) mass is 419 g/mol. The number of thiophene rings is 1. The molecule has 7 heteroatoms. The molecule has 1 N–H and O–H groups in total. The van der Waals surface area contributed by atoms with Crippen molar-refractivity contribution in [2.75, 3.05) is 6.54 Å². The van der Waals surface area contributed by atoms with Crippen LogP contribution in [0, 0.1) is 0 Å². The van der Waals surface area contributed by atoms with Gasteiger partial charge in [0.25, 0.3) is 0 Å². The van der Waals surface area contributed by atoms with Crippen LogP contribution in [0.3, 0.4) is 0 Å². The van der Waals surface area contributed by atoms with E-state index in [0.717, 1.165) is 23.3 Å². The number of hydrogen-bond donors (Lipinski definition) is 1. The lowest BCUT2D eigenvalue weighted by Gasteiger charge is -2.32. The molecule has 0 spiro atoms. The molecule has 1 aromatic carbocycles. The number of esters is 1. The van der Waals surface area contributed by atoms with E-state index in [9.17, 15) is 14.7 Å². The van der Waals surface area contributed by atoms with Gasteiger partial charge >= 0.3 is 11.9 Å². The number of benzene rings is 1. The molecule has 0 radical (unpaired) electrons. The summed E-state index contributed by atoms with van der Waals surface area (Å²) in [6.07, 6.45) is 5.77. The van der Waals surface area contributed by atoms with Crippen molar-refractivity contribution >= 4 is 34.9 Å². The number of nitrogens with zero attached hydrogens (tertiary/aromatic N) is 1. The Labute approximate surface area is 173 Å². The summed E-state index contributed by atoms with van der Waals surface area (Å²) < 4.78 is 5.40. The minimum absolute atomic E-state index is 0.386. The summed E-state index contributed by atoms with van der Waals surface area (Å²) in [5, 5.41) is 10.8. The van der Waals surface area contributed by atoms with Gasteiger partial charge in [0.15, 0.2) is 5.06 Å². The predicted octanol–water partition coefficient (Wildman–Crippen LogP) is 4.85. The summed E-state index contributed by atoms with van der Waals surface area (Å²) in [5.74, 6) is -1.32. The molecular formula is C21H22ClNO4S. The average Bonchev–Trinajstić information content (AvgIpc) is 3.05. The Morgan fingerprint density at radius 1 is 1.39 bits per heavy atom. The molecule has 1 aromatic heterocycles. The number of aliphatic carboxylic acids is 1. The Morgan fingerprint density at radius 2 is 2.18 bits per heavy atom. The van der Waals surface area contributed by atoms with Crippen molar-refractivity contribution in [3.63, 3.8) is 0 Å². The Kier molecular flexibility index (Phi) is 6.88. The van der Waals surface area contributed by atoms with Crippen molar-refractivity contribution in [1.29, 1.82) is 0 Å². The molecule has 28 heavy (non-hydrogen) atoms. The molecule has 148 valence electrons. The standard InChI is InChI=1S/C21H22ClNO4S/c1-2-3-4-9-18(24)27-19-12-14-13-23(11-10-17(14)28-19)20(21(25)26)15-7-5-6-8-16(15)22/h4-9,12,20H,2-3,10-11,13H2,1H3,(H,25,26)/b9-4+/t20-/m0/s1. The zero-order valence-corrected chi connectivity index (χ0v) is 17.1. The Hall–Kier alpha value is -2.15. The molecule has 0 unspecified atom stereocenters. The van der Waals surface area contributed by atoms with E-state index in [1.165, 1.54) is 17.4 Å². The third kappa shape index (κ3) is 4.82. The fraction of sp³-hybridized carbons (Fsp3) is 0.333. The van der Waals surface area contributed by atoms with E-state index < -0.39 is 12.0 Å². The lowest BCUT2D eigenvalue weighted by Crippen LogP contribution is -2.37. The fourth-order valence-corrected chi connectivity index (χ4v) is 4.52. The first-order chi connectivity index (χ1) is 13.5. The molecule has 5 nitrogen and oxygen atoms in total. The SMILES string of the molecule is CCC/C=C/C(=O)Oc1cc2c(s1)CCN([C@H](C(=O)O)c1ccccc1Cl)C2. The minimum Gasteiger partial charge on any atom is -0.480 e. The van der Waals surface area contributed by atoms with Crippen molar-refractivity contribution < 1.29 is 19.4 Å². The Bertz CT molecular complexity index is 892. The van der Waals surface area contributed by atoms with Crippen molar-refractivity contribution in [2.24, 2.45) is 0 Å². The number of ether oxygens (including phenoxy) is 1. The van der Waals surface area contributed by atoms with Gasteiger partial charge < -0.3 is 9.84 Å². The number of fused-ring (bicyclic) bond motifs is 1. The van der Waals surface area contributed by atoms with Gasteiger partial charge in [-0.15, -0.1) is 11.3 Å². The highest BCUT2D eigenvalue weighted by Crippen LogP contribution is 2.37. The summed E-state index contributed by atoms with van der Waals surface area (Å²) in [4.78, 5) is 26.9. The number of halogens is 1. The first kappa shape index (κ1) is 20.6. The third-order valence-corrected chi connectivity index (χ3v) is 6.04. The molecule has 1 aliphatic rings. The molecule has 0 fully saturated rings. The summed E-state index contributed by atoms with van der Waals surface area (Å²) in [5.41, 5.74) is 1.58. The smallest absolute Gasteiger partial charge is 0.336 e. The highest BCUT2D eigenvalue weighted by Gasteiger charge is 2.32. The lowest BCUT2D eigenvalue weighted by atomic mass is 10.0. The molecule has 0 bridgehead atoms. The number of carbonyl (C=O) groups is 2. The van der Waals surface area contributed by atoms with Crippen LogP contribution in [0.1, 0.15) is 41.8 Å². The van der Waals surface area contributed by atoms with Crippen molar-refractivity contribution in [3.8, 4) is 5.06 Å². The molecule has 0 saturated carbocycles. The van der Waals surface area contributed by atoms with Crippen LogP contribution in [-0.4, -0.2) is 28.5 Å². The maximum Gasteiger partial charge on any atom is 0.336 e. The molecule has 1 atom stereocenters. The average molecular weight is 420 g/mol. The van der Waals surface area contributed by atoms with Gasteiger partial charge in [-0.1, -0.05) is 49.2 Å². The largest absolute Gasteiger partial charge is 0.480 e. The van der Waals surface area contributed by atoms with Crippen LogP contribution < -0.4 is 4.74 Å².